The Morgan fingerprint density at radius 1 is 1.45 bits per heavy atom. The molecule has 0 aliphatic heterocycles. The van der Waals surface area contributed by atoms with Crippen LogP contribution in [0, 0.1) is 16.7 Å². The third kappa shape index (κ3) is 2.11. The number of rotatable bonds is 4. The van der Waals surface area contributed by atoms with E-state index >= 15 is 0 Å². The Hall–Kier alpha value is -0.830. The summed E-state index contributed by atoms with van der Waals surface area (Å²) in [6.07, 6.45) is 5.02. The molecule has 2 nitrogen and oxygen atoms in total. The van der Waals surface area contributed by atoms with Crippen LogP contribution in [0.1, 0.15) is 51.3 Å². The zero-order valence-electron chi connectivity index (χ0n) is 12.6. The lowest BCUT2D eigenvalue weighted by Crippen LogP contribution is -2.38. The van der Waals surface area contributed by atoms with Crippen molar-refractivity contribution in [2.75, 3.05) is 0 Å². The summed E-state index contributed by atoms with van der Waals surface area (Å²) < 4.78 is 5.85. The molecule has 3 unspecified atom stereocenters. The van der Waals surface area contributed by atoms with Crippen molar-refractivity contribution in [2.24, 2.45) is 16.7 Å². The van der Waals surface area contributed by atoms with Crippen molar-refractivity contribution < 1.29 is 9.53 Å². The summed E-state index contributed by atoms with van der Waals surface area (Å²) in [5, 5.41) is 2.06. The lowest BCUT2D eigenvalue weighted by atomic mass is 9.70. The van der Waals surface area contributed by atoms with Gasteiger partial charge in [-0.15, -0.1) is 11.3 Å². The van der Waals surface area contributed by atoms with Gasteiger partial charge in [0.25, 0.3) is 0 Å². The Morgan fingerprint density at radius 2 is 2.25 bits per heavy atom. The van der Waals surface area contributed by atoms with Gasteiger partial charge in [-0.3, -0.25) is 4.79 Å². The molecule has 110 valence electrons. The molecule has 2 bridgehead atoms. The van der Waals surface area contributed by atoms with E-state index in [1.54, 1.807) is 11.3 Å². The maximum absolute atomic E-state index is 12.1. The van der Waals surface area contributed by atoms with Crippen LogP contribution in [0.15, 0.2) is 17.5 Å². The highest BCUT2D eigenvalue weighted by atomic mass is 32.1. The molecule has 3 heteroatoms. The third-order valence-electron chi connectivity index (χ3n) is 6.14. The van der Waals surface area contributed by atoms with Crippen LogP contribution in [0.2, 0.25) is 0 Å². The number of aryl methyl sites for hydroxylation is 1. The molecule has 0 spiro atoms. The molecule has 2 aliphatic rings. The summed E-state index contributed by atoms with van der Waals surface area (Å²) in [4.78, 5) is 13.4. The molecule has 0 saturated heterocycles. The maximum atomic E-state index is 12.1. The second kappa shape index (κ2) is 4.87. The van der Waals surface area contributed by atoms with Crippen LogP contribution in [-0.2, 0) is 16.0 Å². The van der Waals surface area contributed by atoms with Gasteiger partial charge in [0.05, 0.1) is 6.42 Å². The molecule has 1 heterocycles. The van der Waals surface area contributed by atoms with E-state index < -0.39 is 0 Å². The van der Waals surface area contributed by atoms with E-state index in [0.717, 1.165) is 18.8 Å². The minimum atomic E-state index is -0.0204. The Morgan fingerprint density at radius 3 is 2.80 bits per heavy atom. The van der Waals surface area contributed by atoms with Gasteiger partial charge in [0.1, 0.15) is 6.10 Å². The molecule has 0 N–H and O–H groups in total. The van der Waals surface area contributed by atoms with Gasteiger partial charge in [-0.25, -0.2) is 0 Å². The number of carbonyl (C=O) groups is 1. The molecule has 0 amide bonds. The van der Waals surface area contributed by atoms with Crippen molar-refractivity contribution in [3.05, 3.63) is 22.4 Å². The molecular formula is C17H24O2S. The monoisotopic (exact) mass is 292 g/mol. The fourth-order valence-corrected chi connectivity index (χ4v) is 4.92. The second-order valence-corrected chi connectivity index (χ2v) is 8.20. The zero-order valence-corrected chi connectivity index (χ0v) is 13.5. The largest absolute Gasteiger partial charge is 0.462 e. The van der Waals surface area contributed by atoms with E-state index in [0.29, 0.717) is 11.8 Å². The van der Waals surface area contributed by atoms with Crippen LogP contribution in [-0.4, -0.2) is 12.1 Å². The van der Waals surface area contributed by atoms with E-state index in [1.165, 1.54) is 17.7 Å². The van der Waals surface area contributed by atoms with Crippen LogP contribution in [0.3, 0.4) is 0 Å². The molecule has 0 radical (unpaired) electrons. The smallest absolute Gasteiger partial charge is 0.306 e. The fourth-order valence-electron chi connectivity index (χ4n) is 4.21. The van der Waals surface area contributed by atoms with E-state index in [-0.39, 0.29) is 17.5 Å². The highest BCUT2D eigenvalue weighted by Crippen LogP contribution is 2.66. The number of hydrogen-bond donors (Lipinski definition) is 0. The van der Waals surface area contributed by atoms with Gasteiger partial charge in [-0.2, -0.15) is 0 Å². The predicted molar refractivity (Wildman–Crippen MR) is 81.7 cm³/mol. The molecule has 1 aromatic rings. The van der Waals surface area contributed by atoms with Crippen LogP contribution in [0.4, 0.5) is 0 Å². The Bertz CT molecular complexity index is 491. The number of fused-ring (bicyclic) bond motifs is 2. The minimum absolute atomic E-state index is 0.0204. The highest BCUT2D eigenvalue weighted by molar-refractivity contribution is 7.09. The number of hydrogen-bond acceptors (Lipinski definition) is 3. The molecule has 3 rings (SSSR count). The van der Waals surface area contributed by atoms with Crippen molar-refractivity contribution in [1.29, 1.82) is 0 Å². The molecule has 2 fully saturated rings. The van der Waals surface area contributed by atoms with Crippen molar-refractivity contribution in [3.63, 3.8) is 0 Å². The van der Waals surface area contributed by atoms with Gasteiger partial charge in [0, 0.05) is 10.3 Å². The average Bonchev–Trinajstić information content (AvgIpc) is 3.02. The molecule has 20 heavy (non-hydrogen) atoms. The Labute approximate surface area is 125 Å². The normalized spacial score (nSPS) is 34.4. The maximum Gasteiger partial charge on any atom is 0.306 e. The number of carbonyl (C=O) groups excluding carboxylic acids is 1. The predicted octanol–water partition coefficient (Wildman–Crippen LogP) is 4.44. The summed E-state index contributed by atoms with van der Waals surface area (Å²) in [5.74, 6) is 0.704. The van der Waals surface area contributed by atoms with Crippen molar-refractivity contribution in [3.8, 4) is 0 Å². The van der Waals surface area contributed by atoms with Gasteiger partial charge in [-0.05, 0) is 48.5 Å². The summed E-state index contributed by atoms with van der Waals surface area (Å²) in [5.41, 5.74) is 0.488. The molecule has 2 aliphatic carbocycles. The van der Waals surface area contributed by atoms with Crippen LogP contribution >= 0.6 is 11.3 Å². The Kier molecular flexibility index (Phi) is 3.44. The first-order chi connectivity index (χ1) is 9.43. The summed E-state index contributed by atoms with van der Waals surface area (Å²) in [6, 6.07) is 4.12. The van der Waals surface area contributed by atoms with Gasteiger partial charge < -0.3 is 4.74 Å². The fraction of sp³-hybridized carbons (Fsp3) is 0.706. The van der Waals surface area contributed by atoms with Crippen LogP contribution in [0.25, 0.3) is 0 Å². The van der Waals surface area contributed by atoms with Crippen LogP contribution in [0.5, 0.6) is 0 Å². The standard InChI is InChI=1S/C17H24O2S/c1-16(2)12-8-9-17(16,3)14(11-12)19-15(18)7-6-13-5-4-10-20-13/h4-5,10,12,14H,6-9,11H2,1-3H3. The first-order valence-corrected chi connectivity index (χ1v) is 8.53. The first kappa shape index (κ1) is 14.1. The number of esters is 1. The topological polar surface area (TPSA) is 26.3 Å². The van der Waals surface area contributed by atoms with Crippen molar-refractivity contribution in [1.82, 2.24) is 0 Å². The minimum Gasteiger partial charge on any atom is -0.462 e. The molecular weight excluding hydrogens is 268 g/mol. The highest BCUT2D eigenvalue weighted by Gasteiger charge is 2.62. The van der Waals surface area contributed by atoms with Gasteiger partial charge in [0.2, 0.25) is 0 Å². The third-order valence-corrected chi connectivity index (χ3v) is 7.08. The van der Waals surface area contributed by atoms with Gasteiger partial charge in [-0.1, -0.05) is 26.8 Å². The summed E-state index contributed by atoms with van der Waals surface area (Å²) >= 11 is 1.71. The van der Waals surface area contributed by atoms with E-state index in [9.17, 15) is 4.79 Å². The van der Waals surface area contributed by atoms with Crippen molar-refractivity contribution >= 4 is 17.3 Å². The lowest BCUT2D eigenvalue weighted by molar-refractivity contribution is -0.156. The van der Waals surface area contributed by atoms with Gasteiger partial charge in [0.15, 0.2) is 0 Å². The molecule has 2 saturated carbocycles. The summed E-state index contributed by atoms with van der Waals surface area (Å²) in [6.45, 7) is 7.02. The molecule has 0 aromatic carbocycles. The van der Waals surface area contributed by atoms with Gasteiger partial charge >= 0.3 is 5.97 Å². The SMILES string of the molecule is CC1(C)C2CCC1(C)C(OC(=O)CCc1cccs1)C2. The zero-order chi connectivity index (χ0) is 14.4. The molecule has 3 atom stereocenters. The van der Waals surface area contributed by atoms with Crippen LogP contribution < -0.4 is 0 Å². The molecule has 1 aromatic heterocycles. The Balaban J connectivity index is 1.58. The number of thiophene rings is 1. The number of ether oxygens (including phenoxy) is 1. The lowest BCUT2D eigenvalue weighted by Gasteiger charge is -2.38. The van der Waals surface area contributed by atoms with E-state index in [1.807, 2.05) is 6.07 Å². The van der Waals surface area contributed by atoms with Crippen molar-refractivity contribution in [2.45, 2.75) is 59.0 Å². The second-order valence-electron chi connectivity index (χ2n) is 7.17. The van der Waals surface area contributed by atoms with E-state index in [2.05, 4.69) is 32.2 Å². The first-order valence-electron chi connectivity index (χ1n) is 7.65. The quantitative estimate of drug-likeness (QED) is 0.767. The summed E-state index contributed by atoms with van der Waals surface area (Å²) in [7, 11) is 0. The van der Waals surface area contributed by atoms with E-state index in [4.69, 9.17) is 4.74 Å². The average molecular weight is 292 g/mol.